The summed E-state index contributed by atoms with van der Waals surface area (Å²) in [5, 5.41) is 0. The molecule has 0 heterocycles. The Kier molecular flexibility index (Phi) is 4.82. The van der Waals surface area contributed by atoms with E-state index in [0.717, 1.165) is 19.5 Å². The van der Waals surface area contributed by atoms with Crippen LogP contribution in [0, 0.1) is 12.3 Å². The molecule has 0 bridgehead atoms. The van der Waals surface area contributed by atoms with Gasteiger partial charge in [-0.15, -0.1) is 6.42 Å². The average molecular weight is 187 g/mol. The van der Waals surface area contributed by atoms with Crippen LogP contribution in [0.15, 0.2) is 30.3 Å². The van der Waals surface area contributed by atoms with Crippen LogP contribution in [0.4, 0.5) is 0 Å². The predicted molar refractivity (Wildman–Crippen MR) is 61.1 cm³/mol. The second-order valence-electron chi connectivity index (χ2n) is 3.53. The molecule has 0 amide bonds. The monoisotopic (exact) mass is 187 g/mol. The van der Waals surface area contributed by atoms with Crippen LogP contribution < -0.4 is 0 Å². The fourth-order valence-corrected chi connectivity index (χ4v) is 1.43. The van der Waals surface area contributed by atoms with Gasteiger partial charge in [0.05, 0.1) is 6.54 Å². The lowest BCUT2D eigenvalue weighted by Crippen LogP contribution is -2.20. The Bertz CT molecular complexity index is 284. The fraction of sp³-hybridized carbons (Fsp3) is 0.385. The van der Waals surface area contributed by atoms with Crippen LogP contribution >= 0.6 is 0 Å². The zero-order chi connectivity index (χ0) is 10.2. The van der Waals surface area contributed by atoms with Crippen LogP contribution in [-0.2, 0) is 6.42 Å². The maximum Gasteiger partial charge on any atom is 0.0596 e. The first-order valence-corrected chi connectivity index (χ1v) is 4.99. The van der Waals surface area contributed by atoms with Gasteiger partial charge in [-0.2, -0.15) is 0 Å². The van der Waals surface area contributed by atoms with Crippen molar-refractivity contribution in [3.63, 3.8) is 0 Å². The van der Waals surface area contributed by atoms with E-state index < -0.39 is 0 Å². The lowest BCUT2D eigenvalue weighted by Gasteiger charge is -2.12. The van der Waals surface area contributed by atoms with Crippen LogP contribution in [-0.4, -0.2) is 25.0 Å². The van der Waals surface area contributed by atoms with Gasteiger partial charge in [-0.3, -0.25) is 4.90 Å². The van der Waals surface area contributed by atoms with Crippen LogP contribution in [0.1, 0.15) is 12.0 Å². The van der Waals surface area contributed by atoms with E-state index in [1.165, 1.54) is 12.0 Å². The van der Waals surface area contributed by atoms with Crippen molar-refractivity contribution in [3.05, 3.63) is 35.9 Å². The summed E-state index contributed by atoms with van der Waals surface area (Å²) in [6, 6.07) is 10.6. The highest BCUT2D eigenvalue weighted by Gasteiger charge is 1.96. The van der Waals surface area contributed by atoms with Gasteiger partial charge in [-0.1, -0.05) is 36.3 Å². The second-order valence-corrected chi connectivity index (χ2v) is 3.53. The molecule has 1 aromatic rings. The first-order valence-electron chi connectivity index (χ1n) is 4.99. The highest BCUT2D eigenvalue weighted by Crippen LogP contribution is 2.02. The molecule has 0 N–H and O–H groups in total. The molecule has 0 saturated carbocycles. The van der Waals surface area contributed by atoms with Gasteiger partial charge in [0, 0.05) is 0 Å². The number of nitrogens with zero attached hydrogens (tertiary/aromatic N) is 1. The van der Waals surface area contributed by atoms with Crippen LogP contribution in [0.25, 0.3) is 0 Å². The van der Waals surface area contributed by atoms with Crippen molar-refractivity contribution in [2.45, 2.75) is 12.8 Å². The molecule has 0 unspecified atom stereocenters. The SMILES string of the molecule is C#CCN(C)CCCc1ccccc1. The van der Waals surface area contributed by atoms with Gasteiger partial charge in [0.2, 0.25) is 0 Å². The summed E-state index contributed by atoms with van der Waals surface area (Å²) in [7, 11) is 2.06. The molecular weight excluding hydrogens is 170 g/mol. The third-order valence-electron chi connectivity index (χ3n) is 2.21. The Balaban J connectivity index is 2.19. The third kappa shape index (κ3) is 4.11. The van der Waals surface area contributed by atoms with Crippen LogP contribution in [0.5, 0.6) is 0 Å². The summed E-state index contributed by atoms with van der Waals surface area (Å²) in [5.74, 6) is 2.64. The zero-order valence-corrected chi connectivity index (χ0v) is 8.74. The predicted octanol–water partition coefficient (Wildman–Crippen LogP) is 2.18. The molecule has 14 heavy (non-hydrogen) atoms. The van der Waals surface area contributed by atoms with Gasteiger partial charge < -0.3 is 0 Å². The van der Waals surface area contributed by atoms with Gasteiger partial charge in [-0.05, 0) is 32.0 Å². The minimum atomic E-state index is 0.745. The number of rotatable bonds is 5. The molecule has 0 aliphatic rings. The van der Waals surface area contributed by atoms with E-state index in [0.29, 0.717) is 0 Å². The van der Waals surface area contributed by atoms with E-state index in [2.05, 4.69) is 42.1 Å². The number of aryl methyl sites for hydroxylation is 1. The van der Waals surface area contributed by atoms with Crippen molar-refractivity contribution in [1.82, 2.24) is 4.90 Å². The van der Waals surface area contributed by atoms with E-state index in [-0.39, 0.29) is 0 Å². The van der Waals surface area contributed by atoms with Gasteiger partial charge in [0.25, 0.3) is 0 Å². The van der Waals surface area contributed by atoms with Crippen molar-refractivity contribution in [3.8, 4) is 12.3 Å². The molecule has 0 aliphatic carbocycles. The molecule has 0 saturated heterocycles. The molecule has 0 atom stereocenters. The summed E-state index contributed by atoms with van der Waals surface area (Å²) < 4.78 is 0. The van der Waals surface area contributed by atoms with Gasteiger partial charge in [0.15, 0.2) is 0 Å². The molecule has 74 valence electrons. The largest absolute Gasteiger partial charge is 0.295 e. The molecule has 0 aliphatic heterocycles. The second kappa shape index (κ2) is 6.23. The number of benzene rings is 1. The molecule has 0 radical (unpaired) electrons. The molecule has 1 nitrogen and oxygen atoms in total. The van der Waals surface area contributed by atoms with Crippen molar-refractivity contribution in [2.24, 2.45) is 0 Å². The standard InChI is InChI=1S/C13H17N/c1-3-11-14(2)12-7-10-13-8-5-4-6-9-13/h1,4-6,8-9H,7,10-12H2,2H3. The van der Waals surface area contributed by atoms with E-state index >= 15 is 0 Å². The Hall–Kier alpha value is -1.26. The highest BCUT2D eigenvalue weighted by atomic mass is 15.1. The van der Waals surface area contributed by atoms with E-state index in [1.807, 2.05) is 6.07 Å². The quantitative estimate of drug-likeness (QED) is 0.639. The summed E-state index contributed by atoms with van der Waals surface area (Å²) in [4.78, 5) is 2.17. The van der Waals surface area contributed by atoms with E-state index in [1.54, 1.807) is 0 Å². The Morgan fingerprint density at radius 3 is 2.64 bits per heavy atom. The van der Waals surface area contributed by atoms with Crippen LogP contribution in [0.3, 0.4) is 0 Å². The maximum absolute atomic E-state index is 5.22. The van der Waals surface area contributed by atoms with E-state index in [4.69, 9.17) is 6.42 Å². The molecule has 1 rings (SSSR count). The van der Waals surface area contributed by atoms with Crippen molar-refractivity contribution < 1.29 is 0 Å². The lowest BCUT2D eigenvalue weighted by atomic mass is 10.1. The molecule has 0 spiro atoms. The summed E-state index contributed by atoms with van der Waals surface area (Å²) in [6.45, 7) is 1.81. The highest BCUT2D eigenvalue weighted by molar-refractivity contribution is 5.14. The lowest BCUT2D eigenvalue weighted by molar-refractivity contribution is 0.369. The van der Waals surface area contributed by atoms with Crippen molar-refractivity contribution >= 4 is 0 Å². The minimum Gasteiger partial charge on any atom is -0.295 e. The molecule has 0 aromatic heterocycles. The first kappa shape index (κ1) is 10.8. The van der Waals surface area contributed by atoms with Gasteiger partial charge >= 0.3 is 0 Å². The van der Waals surface area contributed by atoms with E-state index in [9.17, 15) is 0 Å². The Labute approximate surface area is 86.7 Å². The zero-order valence-electron chi connectivity index (χ0n) is 8.74. The van der Waals surface area contributed by atoms with Gasteiger partial charge in [0.1, 0.15) is 0 Å². The molecule has 0 fully saturated rings. The van der Waals surface area contributed by atoms with Crippen LogP contribution in [0.2, 0.25) is 0 Å². The first-order chi connectivity index (χ1) is 6.83. The number of hydrogen-bond donors (Lipinski definition) is 0. The smallest absolute Gasteiger partial charge is 0.0596 e. The fourth-order valence-electron chi connectivity index (χ4n) is 1.43. The summed E-state index contributed by atoms with van der Waals surface area (Å²) in [5.41, 5.74) is 1.40. The van der Waals surface area contributed by atoms with Crippen molar-refractivity contribution in [2.75, 3.05) is 20.1 Å². The van der Waals surface area contributed by atoms with Crippen molar-refractivity contribution in [1.29, 1.82) is 0 Å². The average Bonchev–Trinajstić information content (AvgIpc) is 2.20. The molecule has 1 heteroatoms. The molecular formula is C13H17N. The minimum absolute atomic E-state index is 0.745. The van der Waals surface area contributed by atoms with Gasteiger partial charge in [-0.25, -0.2) is 0 Å². The number of terminal acetylenes is 1. The Morgan fingerprint density at radius 2 is 2.00 bits per heavy atom. The third-order valence-corrected chi connectivity index (χ3v) is 2.21. The summed E-state index contributed by atoms with van der Waals surface area (Å²) in [6.07, 6.45) is 7.52. The number of hydrogen-bond acceptors (Lipinski definition) is 1. The molecule has 1 aromatic carbocycles. The summed E-state index contributed by atoms with van der Waals surface area (Å²) >= 11 is 0. The Morgan fingerprint density at radius 1 is 1.29 bits per heavy atom. The normalized spacial score (nSPS) is 10.1. The topological polar surface area (TPSA) is 3.24 Å². The maximum atomic E-state index is 5.22.